The van der Waals surface area contributed by atoms with E-state index in [4.69, 9.17) is 9.72 Å². The van der Waals surface area contributed by atoms with Crippen molar-refractivity contribution in [1.82, 2.24) is 4.98 Å². The van der Waals surface area contributed by atoms with Gasteiger partial charge in [-0.2, -0.15) is 5.26 Å². The molecule has 1 N–H and O–H groups in total. The number of nitrogens with zero attached hydrogens (tertiary/aromatic N) is 2. The number of nitriles is 1. The lowest BCUT2D eigenvalue weighted by Crippen LogP contribution is -2.20. The van der Waals surface area contributed by atoms with E-state index in [1.54, 1.807) is 7.11 Å². The predicted molar refractivity (Wildman–Crippen MR) is 125 cm³/mol. The normalized spacial score (nSPS) is 15.1. The topological polar surface area (TPSA) is 57.9 Å². The molecule has 1 atom stereocenters. The van der Waals surface area contributed by atoms with Crippen molar-refractivity contribution in [1.29, 1.82) is 5.26 Å². The number of pyridine rings is 1. The van der Waals surface area contributed by atoms with Crippen molar-refractivity contribution < 1.29 is 4.74 Å². The zero-order valence-electron chi connectivity index (χ0n) is 18.5. The molecule has 3 aromatic rings. The van der Waals surface area contributed by atoms with Crippen LogP contribution in [0.5, 0.6) is 5.75 Å². The van der Waals surface area contributed by atoms with Crippen molar-refractivity contribution in [2.24, 2.45) is 0 Å². The SMILES string of the molecule is CCc1cccc(CC)c1-c1cc(OC)c2c(n1)CCCC2Nc1ccccc1C#N. The van der Waals surface area contributed by atoms with Gasteiger partial charge in [0.05, 0.1) is 35.8 Å². The average molecular weight is 412 g/mol. The minimum Gasteiger partial charge on any atom is -0.496 e. The minimum atomic E-state index is 0.0711. The predicted octanol–water partition coefficient (Wildman–Crippen LogP) is 6.24. The Morgan fingerprint density at radius 1 is 1.10 bits per heavy atom. The first kappa shape index (κ1) is 20.9. The summed E-state index contributed by atoms with van der Waals surface area (Å²) in [6.45, 7) is 4.39. The molecule has 1 unspecified atom stereocenters. The fraction of sp³-hybridized carbons (Fsp3) is 0.333. The van der Waals surface area contributed by atoms with Gasteiger partial charge in [0, 0.05) is 17.2 Å². The minimum absolute atomic E-state index is 0.0711. The maximum absolute atomic E-state index is 9.48. The van der Waals surface area contributed by atoms with Crippen molar-refractivity contribution in [3.8, 4) is 23.1 Å². The second-order valence-electron chi connectivity index (χ2n) is 7.98. The van der Waals surface area contributed by atoms with Crippen LogP contribution in [0.3, 0.4) is 0 Å². The maximum atomic E-state index is 9.48. The number of para-hydroxylation sites is 1. The van der Waals surface area contributed by atoms with Crippen LogP contribution in [-0.2, 0) is 19.3 Å². The van der Waals surface area contributed by atoms with Crippen molar-refractivity contribution in [2.75, 3.05) is 12.4 Å². The van der Waals surface area contributed by atoms with Crippen molar-refractivity contribution in [3.05, 3.63) is 76.5 Å². The van der Waals surface area contributed by atoms with Gasteiger partial charge in [0.1, 0.15) is 11.8 Å². The molecule has 2 aromatic carbocycles. The number of anilines is 1. The molecule has 4 heteroatoms. The van der Waals surface area contributed by atoms with Gasteiger partial charge < -0.3 is 10.1 Å². The summed E-state index contributed by atoms with van der Waals surface area (Å²) < 4.78 is 5.90. The second kappa shape index (κ2) is 9.22. The lowest BCUT2D eigenvalue weighted by Gasteiger charge is -2.29. The molecular formula is C27H29N3O. The molecule has 0 bridgehead atoms. The molecule has 0 radical (unpaired) electrons. The molecule has 1 aromatic heterocycles. The van der Waals surface area contributed by atoms with E-state index in [1.807, 2.05) is 24.3 Å². The van der Waals surface area contributed by atoms with Crippen LogP contribution in [0.1, 0.15) is 60.7 Å². The third kappa shape index (κ3) is 4.01. The molecule has 31 heavy (non-hydrogen) atoms. The summed E-state index contributed by atoms with van der Waals surface area (Å²) in [5.41, 5.74) is 8.63. The average Bonchev–Trinajstić information content (AvgIpc) is 2.83. The highest BCUT2D eigenvalue weighted by Crippen LogP contribution is 2.41. The van der Waals surface area contributed by atoms with Gasteiger partial charge >= 0.3 is 0 Å². The molecular weight excluding hydrogens is 382 g/mol. The van der Waals surface area contributed by atoms with Crippen molar-refractivity contribution in [2.45, 2.75) is 52.0 Å². The highest BCUT2D eigenvalue weighted by Gasteiger charge is 2.27. The molecule has 0 aliphatic heterocycles. The molecule has 0 fully saturated rings. The van der Waals surface area contributed by atoms with Crippen molar-refractivity contribution >= 4 is 5.69 Å². The number of fused-ring (bicyclic) bond motifs is 1. The Bertz CT molecular complexity index is 1090. The van der Waals surface area contributed by atoms with Crippen LogP contribution in [0.25, 0.3) is 11.3 Å². The monoisotopic (exact) mass is 411 g/mol. The van der Waals surface area contributed by atoms with E-state index in [0.717, 1.165) is 60.5 Å². The molecule has 4 nitrogen and oxygen atoms in total. The van der Waals surface area contributed by atoms with Gasteiger partial charge in [0.25, 0.3) is 0 Å². The van der Waals surface area contributed by atoms with Gasteiger partial charge in [-0.25, -0.2) is 0 Å². The number of benzene rings is 2. The number of aromatic nitrogens is 1. The Hall–Kier alpha value is -3.32. The number of methoxy groups -OCH3 is 1. The quantitative estimate of drug-likeness (QED) is 0.521. The number of rotatable bonds is 6. The van der Waals surface area contributed by atoms with E-state index in [-0.39, 0.29) is 6.04 Å². The molecule has 0 spiro atoms. The van der Waals surface area contributed by atoms with Crippen LogP contribution < -0.4 is 10.1 Å². The van der Waals surface area contributed by atoms with Crippen molar-refractivity contribution in [3.63, 3.8) is 0 Å². The summed E-state index contributed by atoms with van der Waals surface area (Å²) >= 11 is 0. The fourth-order valence-corrected chi connectivity index (χ4v) is 4.67. The van der Waals surface area contributed by atoms with E-state index in [0.29, 0.717) is 5.56 Å². The number of hydrogen-bond acceptors (Lipinski definition) is 4. The largest absolute Gasteiger partial charge is 0.496 e. The van der Waals surface area contributed by atoms with E-state index in [9.17, 15) is 5.26 Å². The Morgan fingerprint density at radius 2 is 1.84 bits per heavy atom. The Balaban J connectivity index is 1.81. The number of nitrogens with one attached hydrogen (secondary N) is 1. The molecule has 0 saturated heterocycles. The van der Waals surface area contributed by atoms with Crippen LogP contribution in [-0.4, -0.2) is 12.1 Å². The third-order valence-electron chi connectivity index (χ3n) is 6.21. The van der Waals surface area contributed by atoms with Gasteiger partial charge in [-0.15, -0.1) is 0 Å². The molecule has 1 aliphatic carbocycles. The summed E-state index contributed by atoms with van der Waals surface area (Å²) in [5.74, 6) is 0.875. The molecule has 1 heterocycles. The number of aryl methyl sites for hydroxylation is 3. The zero-order valence-corrected chi connectivity index (χ0v) is 18.5. The third-order valence-corrected chi connectivity index (χ3v) is 6.21. The molecule has 158 valence electrons. The molecule has 0 saturated carbocycles. The van der Waals surface area contributed by atoms with E-state index >= 15 is 0 Å². The van der Waals surface area contributed by atoms with E-state index in [1.165, 1.54) is 16.7 Å². The van der Waals surface area contributed by atoms with Crippen LogP contribution in [0.2, 0.25) is 0 Å². The van der Waals surface area contributed by atoms with Crippen LogP contribution >= 0.6 is 0 Å². The summed E-state index contributed by atoms with van der Waals surface area (Å²) in [6, 6.07) is 18.7. The first-order valence-electron chi connectivity index (χ1n) is 11.1. The first-order chi connectivity index (χ1) is 15.2. The first-order valence-corrected chi connectivity index (χ1v) is 11.1. The molecule has 4 rings (SSSR count). The van der Waals surface area contributed by atoms with Gasteiger partial charge in [0.2, 0.25) is 0 Å². The molecule has 0 amide bonds. The van der Waals surface area contributed by atoms with Crippen LogP contribution in [0.15, 0.2) is 48.5 Å². The summed E-state index contributed by atoms with van der Waals surface area (Å²) in [7, 11) is 1.74. The van der Waals surface area contributed by atoms with Gasteiger partial charge in [0.15, 0.2) is 0 Å². The lowest BCUT2D eigenvalue weighted by atomic mass is 9.88. The fourth-order valence-electron chi connectivity index (χ4n) is 4.67. The number of hydrogen-bond donors (Lipinski definition) is 1. The standard InChI is InChI=1S/C27H29N3O/c1-4-18-11-8-12-19(5-2)26(18)24-16-25(31-3)27-22(14-9-15-23(27)30-24)29-21-13-7-6-10-20(21)17-28/h6-8,10-13,16,22,29H,4-5,9,14-15H2,1-3H3. The molecule has 1 aliphatic rings. The van der Waals surface area contributed by atoms with Crippen LogP contribution in [0.4, 0.5) is 5.69 Å². The lowest BCUT2D eigenvalue weighted by molar-refractivity contribution is 0.400. The zero-order chi connectivity index (χ0) is 21.8. The van der Waals surface area contributed by atoms with Gasteiger partial charge in [-0.05, 0) is 55.4 Å². The highest BCUT2D eigenvalue weighted by atomic mass is 16.5. The van der Waals surface area contributed by atoms with Gasteiger partial charge in [-0.3, -0.25) is 4.98 Å². The number of ether oxygens (including phenoxy) is 1. The summed E-state index contributed by atoms with van der Waals surface area (Å²) in [6.07, 6.45) is 4.91. The van der Waals surface area contributed by atoms with E-state index < -0.39 is 0 Å². The van der Waals surface area contributed by atoms with Gasteiger partial charge in [-0.1, -0.05) is 44.2 Å². The highest BCUT2D eigenvalue weighted by molar-refractivity contribution is 5.71. The van der Waals surface area contributed by atoms with E-state index in [2.05, 4.69) is 49.5 Å². The Labute approximate surface area is 184 Å². The smallest absolute Gasteiger partial charge is 0.128 e. The van der Waals surface area contributed by atoms with Crippen LogP contribution in [0, 0.1) is 11.3 Å². The summed E-state index contributed by atoms with van der Waals surface area (Å²) in [4.78, 5) is 5.16. The Kier molecular flexibility index (Phi) is 6.23. The Morgan fingerprint density at radius 3 is 2.52 bits per heavy atom. The maximum Gasteiger partial charge on any atom is 0.128 e. The second-order valence-corrected chi connectivity index (χ2v) is 7.98. The summed E-state index contributed by atoms with van der Waals surface area (Å²) in [5, 5.41) is 13.1.